The lowest BCUT2D eigenvalue weighted by molar-refractivity contribution is -0.0253. The Labute approximate surface area is 101 Å². The molecule has 0 spiro atoms. The third-order valence-corrected chi connectivity index (χ3v) is 4.68. The van der Waals surface area contributed by atoms with Crippen molar-refractivity contribution in [3.8, 4) is 0 Å². The highest BCUT2D eigenvalue weighted by atomic mass is 15.3. The minimum absolute atomic E-state index is 0.221. The zero-order chi connectivity index (χ0) is 12.4. The molecule has 0 bridgehead atoms. The second-order valence-corrected chi connectivity index (χ2v) is 5.79. The van der Waals surface area contributed by atoms with Crippen LogP contribution in [0.3, 0.4) is 0 Å². The van der Waals surface area contributed by atoms with Crippen LogP contribution in [0.1, 0.15) is 40.5 Å². The summed E-state index contributed by atoms with van der Waals surface area (Å²) >= 11 is 0. The van der Waals surface area contributed by atoms with Gasteiger partial charge in [0.05, 0.1) is 0 Å². The van der Waals surface area contributed by atoms with Gasteiger partial charge in [-0.25, -0.2) is 0 Å². The molecule has 0 aliphatic carbocycles. The summed E-state index contributed by atoms with van der Waals surface area (Å²) in [4.78, 5) is 5.07. The van der Waals surface area contributed by atoms with E-state index in [1.54, 1.807) is 0 Å². The van der Waals surface area contributed by atoms with Crippen molar-refractivity contribution >= 4 is 0 Å². The third-order valence-electron chi connectivity index (χ3n) is 4.68. The Kier molecular flexibility index (Phi) is 4.38. The maximum absolute atomic E-state index is 6.03. The molecule has 3 nitrogen and oxygen atoms in total. The quantitative estimate of drug-likeness (QED) is 0.790. The summed E-state index contributed by atoms with van der Waals surface area (Å²) in [6.07, 6.45) is 2.31. The van der Waals surface area contributed by atoms with Crippen LogP contribution in [0.2, 0.25) is 0 Å². The van der Waals surface area contributed by atoms with Gasteiger partial charge in [-0.05, 0) is 33.7 Å². The van der Waals surface area contributed by atoms with Crippen LogP contribution in [0.15, 0.2) is 0 Å². The number of nitrogens with zero attached hydrogens (tertiary/aromatic N) is 2. The SMILES string of the molecule is CCC(CC)(CN)N1CCN(C)C(C)(C)C1. The van der Waals surface area contributed by atoms with Gasteiger partial charge in [0.1, 0.15) is 0 Å². The predicted octanol–water partition coefficient (Wildman–Crippen LogP) is 1.53. The van der Waals surface area contributed by atoms with Crippen LogP contribution < -0.4 is 5.73 Å². The molecule has 0 saturated carbocycles. The Morgan fingerprint density at radius 3 is 2.12 bits per heavy atom. The monoisotopic (exact) mass is 227 g/mol. The van der Waals surface area contributed by atoms with Crippen molar-refractivity contribution in [2.45, 2.75) is 51.6 Å². The molecule has 0 amide bonds. The van der Waals surface area contributed by atoms with Gasteiger partial charge in [0.25, 0.3) is 0 Å². The number of hydrogen-bond acceptors (Lipinski definition) is 3. The van der Waals surface area contributed by atoms with Crippen LogP contribution in [-0.4, -0.2) is 54.1 Å². The summed E-state index contributed by atoms with van der Waals surface area (Å²) in [5.74, 6) is 0. The van der Waals surface area contributed by atoms with E-state index in [4.69, 9.17) is 5.73 Å². The Morgan fingerprint density at radius 2 is 1.75 bits per heavy atom. The first-order valence-electron chi connectivity index (χ1n) is 6.58. The minimum atomic E-state index is 0.221. The smallest absolute Gasteiger partial charge is 0.0327 e. The van der Waals surface area contributed by atoms with Gasteiger partial charge in [-0.1, -0.05) is 13.8 Å². The molecule has 0 aromatic carbocycles. The molecule has 0 aromatic rings. The van der Waals surface area contributed by atoms with Crippen molar-refractivity contribution in [2.24, 2.45) is 5.73 Å². The van der Waals surface area contributed by atoms with E-state index in [1.165, 1.54) is 0 Å². The lowest BCUT2D eigenvalue weighted by Gasteiger charge is -2.52. The second-order valence-electron chi connectivity index (χ2n) is 5.79. The van der Waals surface area contributed by atoms with Crippen molar-refractivity contribution in [1.82, 2.24) is 9.80 Å². The second kappa shape index (κ2) is 5.03. The first-order valence-corrected chi connectivity index (χ1v) is 6.58. The molecule has 1 aliphatic rings. The molecular weight excluding hydrogens is 198 g/mol. The fraction of sp³-hybridized carbons (Fsp3) is 1.00. The molecule has 0 radical (unpaired) electrons. The minimum Gasteiger partial charge on any atom is -0.329 e. The highest BCUT2D eigenvalue weighted by Gasteiger charge is 2.39. The van der Waals surface area contributed by atoms with Gasteiger partial charge in [-0.2, -0.15) is 0 Å². The van der Waals surface area contributed by atoms with Gasteiger partial charge in [0.2, 0.25) is 0 Å². The van der Waals surface area contributed by atoms with Crippen LogP contribution in [0.4, 0.5) is 0 Å². The van der Waals surface area contributed by atoms with Gasteiger partial charge < -0.3 is 5.73 Å². The highest BCUT2D eigenvalue weighted by molar-refractivity contribution is 4.97. The largest absolute Gasteiger partial charge is 0.329 e. The first-order chi connectivity index (χ1) is 7.41. The zero-order valence-electron chi connectivity index (χ0n) is 11.7. The van der Waals surface area contributed by atoms with Crippen LogP contribution in [0.25, 0.3) is 0 Å². The van der Waals surface area contributed by atoms with E-state index in [-0.39, 0.29) is 11.1 Å². The van der Waals surface area contributed by atoms with E-state index < -0.39 is 0 Å². The van der Waals surface area contributed by atoms with Gasteiger partial charge in [-0.3, -0.25) is 9.80 Å². The molecule has 3 heteroatoms. The van der Waals surface area contributed by atoms with Gasteiger partial charge >= 0.3 is 0 Å². The average molecular weight is 227 g/mol. The molecule has 0 aromatic heterocycles. The topological polar surface area (TPSA) is 32.5 Å². The molecule has 1 heterocycles. The van der Waals surface area contributed by atoms with Crippen LogP contribution in [0.5, 0.6) is 0 Å². The lowest BCUT2D eigenvalue weighted by Crippen LogP contribution is -2.65. The molecular formula is C13H29N3. The summed E-state index contributed by atoms with van der Waals surface area (Å²) in [7, 11) is 2.22. The van der Waals surface area contributed by atoms with E-state index in [1.807, 2.05) is 0 Å². The van der Waals surface area contributed by atoms with Crippen LogP contribution in [-0.2, 0) is 0 Å². The molecule has 0 atom stereocenters. The number of hydrogen-bond donors (Lipinski definition) is 1. The van der Waals surface area contributed by atoms with E-state index in [0.717, 1.165) is 39.0 Å². The molecule has 16 heavy (non-hydrogen) atoms. The molecule has 0 unspecified atom stereocenters. The fourth-order valence-electron chi connectivity index (χ4n) is 2.76. The van der Waals surface area contributed by atoms with E-state index in [9.17, 15) is 0 Å². The van der Waals surface area contributed by atoms with Gasteiger partial charge in [0.15, 0.2) is 0 Å². The van der Waals surface area contributed by atoms with Crippen molar-refractivity contribution in [3.63, 3.8) is 0 Å². The standard InChI is InChI=1S/C13H29N3/c1-6-13(7-2,10-14)16-9-8-15(5)12(3,4)11-16/h6-11,14H2,1-5H3. The molecule has 1 aliphatic heterocycles. The Bertz CT molecular complexity index is 213. The average Bonchev–Trinajstić information content (AvgIpc) is 2.26. The maximum atomic E-state index is 6.03. The normalized spacial score (nSPS) is 23.6. The van der Waals surface area contributed by atoms with Crippen molar-refractivity contribution < 1.29 is 0 Å². The molecule has 2 N–H and O–H groups in total. The van der Waals surface area contributed by atoms with E-state index in [0.29, 0.717) is 0 Å². The van der Waals surface area contributed by atoms with Crippen molar-refractivity contribution in [2.75, 3.05) is 33.2 Å². The Hall–Kier alpha value is -0.120. The third kappa shape index (κ3) is 2.41. The summed E-state index contributed by atoms with van der Waals surface area (Å²) in [5, 5.41) is 0. The Balaban J connectivity index is 2.81. The summed E-state index contributed by atoms with van der Waals surface area (Å²) in [6.45, 7) is 13.4. The van der Waals surface area contributed by atoms with Crippen molar-refractivity contribution in [3.05, 3.63) is 0 Å². The van der Waals surface area contributed by atoms with E-state index >= 15 is 0 Å². The maximum Gasteiger partial charge on any atom is 0.0327 e. The summed E-state index contributed by atoms with van der Waals surface area (Å²) in [6, 6.07) is 0. The summed E-state index contributed by atoms with van der Waals surface area (Å²) in [5.41, 5.74) is 6.52. The van der Waals surface area contributed by atoms with Gasteiger partial charge in [0, 0.05) is 37.3 Å². The molecule has 1 saturated heterocycles. The van der Waals surface area contributed by atoms with Crippen LogP contribution in [0, 0.1) is 0 Å². The fourth-order valence-corrected chi connectivity index (χ4v) is 2.76. The molecule has 1 fully saturated rings. The highest BCUT2D eigenvalue weighted by Crippen LogP contribution is 2.29. The molecule has 1 rings (SSSR count). The lowest BCUT2D eigenvalue weighted by atomic mass is 9.87. The number of piperazine rings is 1. The zero-order valence-corrected chi connectivity index (χ0v) is 11.7. The number of nitrogens with two attached hydrogens (primary N) is 1. The number of likely N-dealkylation sites (N-methyl/N-ethyl adjacent to an activating group) is 1. The van der Waals surface area contributed by atoms with Crippen LogP contribution >= 0.6 is 0 Å². The van der Waals surface area contributed by atoms with Crippen molar-refractivity contribution in [1.29, 1.82) is 0 Å². The Morgan fingerprint density at radius 1 is 1.19 bits per heavy atom. The van der Waals surface area contributed by atoms with E-state index in [2.05, 4.69) is 44.5 Å². The molecule has 96 valence electrons. The number of rotatable bonds is 4. The summed E-state index contributed by atoms with van der Waals surface area (Å²) < 4.78 is 0. The first kappa shape index (κ1) is 13.9. The predicted molar refractivity (Wildman–Crippen MR) is 70.6 cm³/mol. The van der Waals surface area contributed by atoms with Gasteiger partial charge in [-0.15, -0.1) is 0 Å².